The minimum absolute atomic E-state index is 0.0663. The number of piperidine rings is 1. The molecule has 0 spiro atoms. The number of hydrogen-bond acceptors (Lipinski definition) is 7. The molecule has 10 heteroatoms. The van der Waals surface area contributed by atoms with E-state index in [-0.39, 0.29) is 49.6 Å². The Balaban J connectivity index is 1.48. The van der Waals surface area contributed by atoms with Crippen LogP contribution in [0.1, 0.15) is 82.8 Å². The van der Waals surface area contributed by atoms with E-state index in [1.54, 1.807) is 16.0 Å². The van der Waals surface area contributed by atoms with Crippen LogP contribution in [0.15, 0.2) is 48.5 Å². The van der Waals surface area contributed by atoms with Gasteiger partial charge in [0.05, 0.1) is 12.0 Å². The summed E-state index contributed by atoms with van der Waals surface area (Å²) in [5.74, 6) is -0.503. The Morgan fingerprint density at radius 1 is 1.09 bits per heavy atom. The average molecular weight is 621 g/mol. The Morgan fingerprint density at radius 2 is 1.80 bits per heavy atom. The third-order valence-corrected chi connectivity index (χ3v) is 8.26. The van der Waals surface area contributed by atoms with Gasteiger partial charge in [-0.15, -0.1) is 5.06 Å². The molecule has 244 valence electrons. The molecule has 45 heavy (non-hydrogen) atoms. The summed E-state index contributed by atoms with van der Waals surface area (Å²) in [5, 5.41) is 4.43. The largest absolute Gasteiger partial charge is 0.445 e. The second kappa shape index (κ2) is 14.0. The van der Waals surface area contributed by atoms with Crippen molar-refractivity contribution in [2.75, 3.05) is 31.1 Å². The van der Waals surface area contributed by atoms with Crippen molar-refractivity contribution in [3.05, 3.63) is 65.2 Å². The van der Waals surface area contributed by atoms with Crippen molar-refractivity contribution in [2.45, 2.75) is 86.4 Å². The molecule has 0 bridgehead atoms. The minimum Gasteiger partial charge on any atom is -0.445 e. The first kappa shape index (κ1) is 34.0. The lowest BCUT2D eigenvalue weighted by molar-refractivity contribution is -0.208. The number of anilines is 1. The van der Waals surface area contributed by atoms with E-state index in [0.717, 1.165) is 24.0 Å². The molecule has 1 atom stereocenters. The summed E-state index contributed by atoms with van der Waals surface area (Å²) >= 11 is 0. The van der Waals surface area contributed by atoms with Crippen LogP contribution in [0.3, 0.4) is 0 Å². The van der Waals surface area contributed by atoms with Gasteiger partial charge in [-0.25, -0.2) is 9.59 Å². The first-order valence-corrected chi connectivity index (χ1v) is 15.9. The lowest BCUT2D eigenvalue weighted by Gasteiger charge is -2.41. The fraction of sp³-hybridized carbons (Fsp3) is 0.543. The molecule has 2 aromatic carbocycles. The highest BCUT2D eigenvalue weighted by Gasteiger charge is 2.40. The van der Waals surface area contributed by atoms with Gasteiger partial charge in [0.15, 0.2) is 0 Å². The third-order valence-electron chi connectivity index (χ3n) is 8.26. The van der Waals surface area contributed by atoms with Gasteiger partial charge in [-0.05, 0) is 77.1 Å². The second-order valence-electron chi connectivity index (χ2n) is 14.0. The maximum Gasteiger partial charge on any atom is 0.407 e. The lowest BCUT2D eigenvalue weighted by atomic mass is 9.80. The van der Waals surface area contributed by atoms with Crippen molar-refractivity contribution >= 4 is 29.6 Å². The van der Waals surface area contributed by atoms with Crippen LogP contribution in [0.5, 0.6) is 0 Å². The molecule has 1 saturated heterocycles. The molecule has 2 aliphatic heterocycles. The number of amides is 3. The number of benzene rings is 2. The van der Waals surface area contributed by atoms with Gasteiger partial charge in [-0.1, -0.05) is 50.2 Å². The molecule has 0 aromatic heterocycles. The van der Waals surface area contributed by atoms with Crippen LogP contribution >= 0.6 is 0 Å². The number of nitrogens with zero attached hydrogens (tertiary/aromatic N) is 3. The van der Waals surface area contributed by atoms with Gasteiger partial charge in [0.1, 0.15) is 6.61 Å². The summed E-state index contributed by atoms with van der Waals surface area (Å²) in [7, 11) is 0. The van der Waals surface area contributed by atoms with Crippen LogP contribution in [-0.4, -0.2) is 72.1 Å². The van der Waals surface area contributed by atoms with Gasteiger partial charge < -0.3 is 24.7 Å². The van der Waals surface area contributed by atoms with Gasteiger partial charge in [0.2, 0.25) is 5.91 Å². The number of nitrogens with one attached hydrogen (secondary N) is 1. The van der Waals surface area contributed by atoms with Crippen LogP contribution in [0.25, 0.3) is 0 Å². The van der Waals surface area contributed by atoms with E-state index in [9.17, 15) is 19.2 Å². The van der Waals surface area contributed by atoms with Crippen LogP contribution < -0.4 is 10.2 Å². The summed E-state index contributed by atoms with van der Waals surface area (Å²) in [6.07, 6.45) is 1.57. The van der Waals surface area contributed by atoms with Crippen molar-refractivity contribution < 1.29 is 28.8 Å². The molecule has 3 amide bonds. The molecule has 2 heterocycles. The number of hydrogen-bond donors (Lipinski definition) is 1. The molecule has 10 nitrogen and oxygen atoms in total. The van der Waals surface area contributed by atoms with Gasteiger partial charge in [-0.2, -0.15) is 0 Å². The maximum atomic E-state index is 14.1. The van der Waals surface area contributed by atoms with E-state index in [1.807, 2.05) is 95.8 Å². The fourth-order valence-corrected chi connectivity index (χ4v) is 5.85. The standard InChI is InChI=1S/C35H48N4O6/c1-24(2)39(28-14-11-18-37(22-28)45-32(42)34(3,4)5)30(40)26-15-16-27-21-35(6,7)31(41)38(29(27)20-26)19-17-36-33(43)44-23-25-12-9-8-10-13-25/h8-10,12-13,15-16,20,24,28H,11,14,17-19,21-23H2,1-7H3,(H,36,43). The fourth-order valence-electron chi connectivity index (χ4n) is 5.85. The van der Waals surface area contributed by atoms with Crippen molar-refractivity contribution in [2.24, 2.45) is 10.8 Å². The summed E-state index contributed by atoms with van der Waals surface area (Å²) < 4.78 is 5.32. The zero-order chi connectivity index (χ0) is 32.9. The Labute approximate surface area is 267 Å². The SMILES string of the molecule is CC(C)N(C(=O)c1ccc2c(c1)N(CCNC(=O)OCc1ccccc1)C(=O)C(C)(C)C2)C1CCCN(OC(=O)C(C)(C)C)C1. The molecule has 4 rings (SSSR count). The van der Waals surface area contributed by atoms with Gasteiger partial charge in [0, 0.05) is 48.4 Å². The highest BCUT2D eigenvalue weighted by molar-refractivity contribution is 6.02. The highest BCUT2D eigenvalue weighted by Crippen LogP contribution is 2.38. The predicted octanol–water partition coefficient (Wildman–Crippen LogP) is 5.35. The van der Waals surface area contributed by atoms with Crippen LogP contribution in [-0.2, 0) is 32.2 Å². The summed E-state index contributed by atoms with van der Waals surface area (Å²) in [5.41, 5.74) is 1.76. The number of carbonyl (C=O) groups is 4. The smallest absolute Gasteiger partial charge is 0.407 e. The van der Waals surface area contributed by atoms with Crippen molar-refractivity contribution in [1.82, 2.24) is 15.3 Å². The molecular weight excluding hydrogens is 572 g/mol. The zero-order valence-electron chi connectivity index (χ0n) is 27.7. The monoisotopic (exact) mass is 620 g/mol. The first-order valence-electron chi connectivity index (χ1n) is 15.9. The first-order chi connectivity index (χ1) is 21.2. The lowest BCUT2D eigenvalue weighted by Crippen LogP contribution is -2.53. The third kappa shape index (κ3) is 8.42. The quantitative estimate of drug-likeness (QED) is 0.403. The van der Waals surface area contributed by atoms with Crippen LogP contribution in [0, 0.1) is 10.8 Å². The van der Waals surface area contributed by atoms with Crippen molar-refractivity contribution in [3.8, 4) is 0 Å². The molecule has 0 saturated carbocycles. The van der Waals surface area contributed by atoms with E-state index in [4.69, 9.17) is 9.57 Å². The summed E-state index contributed by atoms with van der Waals surface area (Å²) in [6, 6.07) is 14.7. The molecule has 1 fully saturated rings. The van der Waals surface area contributed by atoms with Crippen LogP contribution in [0.2, 0.25) is 0 Å². The topological polar surface area (TPSA) is 108 Å². The van der Waals surface area contributed by atoms with E-state index in [1.165, 1.54) is 0 Å². The molecule has 1 N–H and O–H groups in total. The number of alkyl carbamates (subject to hydrolysis) is 1. The minimum atomic E-state index is -0.633. The molecule has 0 radical (unpaired) electrons. The average Bonchev–Trinajstić information content (AvgIpc) is 2.98. The predicted molar refractivity (Wildman–Crippen MR) is 172 cm³/mol. The van der Waals surface area contributed by atoms with E-state index < -0.39 is 16.9 Å². The summed E-state index contributed by atoms with van der Waals surface area (Å²) in [6.45, 7) is 14.9. The van der Waals surface area contributed by atoms with E-state index in [0.29, 0.717) is 30.8 Å². The van der Waals surface area contributed by atoms with Crippen molar-refractivity contribution in [3.63, 3.8) is 0 Å². The second-order valence-corrected chi connectivity index (χ2v) is 14.0. The Hall–Kier alpha value is -3.92. The molecule has 1 unspecified atom stereocenters. The number of ether oxygens (including phenoxy) is 1. The Bertz CT molecular complexity index is 1380. The number of hydroxylamine groups is 2. The number of carbonyl (C=O) groups excluding carboxylic acids is 4. The van der Waals surface area contributed by atoms with Gasteiger partial charge >= 0.3 is 12.1 Å². The van der Waals surface area contributed by atoms with E-state index in [2.05, 4.69) is 5.32 Å². The van der Waals surface area contributed by atoms with Crippen LogP contribution in [0.4, 0.5) is 10.5 Å². The normalized spacial score (nSPS) is 18.3. The number of rotatable bonds is 9. The van der Waals surface area contributed by atoms with Gasteiger partial charge in [0.25, 0.3) is 5.91 Å². The van der Waals surface area contributed by atoms with Crippen molar-refractivity contribution in [1.29, 1.82) is 0 Å². The molecular formula is C35H48N4O6. The summed E-state index contributed by atoms with van der Waals surface area (Å²) in [4.78, 5) is 61.8. The zero-order valence-corrected chi connectivity index (χ0v) is 27.7. The molecule has 2 aromatic rings. The molecule has 0 aliphatic carbocycles. The maximum absolute atomic E-state index is 14.1. The molecule has 2 aliphatic rings. The van der Waals surface area contributed by atoms with E-state index >= 15 is 0 Å². The highest BCUT2D eigenvalue weighted by atomic mass is 16.7. The van der Waals surface area contributed by atoms with Gasteiger partial charge in [-0.3, -0.25) is 9.59 Å². The Morgan fingerprint density at radius 3 is 2.47 bits per heavy atom. The Kier molecular flexibility index (Phi) is 10.6. The number of fused-ring (bicyclic) bond motifs is 1.